The number of aryl methyl sites for hydroxylation is 2. The number of nitrogens with two attached hydrogens (primary N) is 1. The van der Waals surface area contributed by atoms with E-state index in [2.05, 4.69) is 15.9 Å². The molecule has 1 atom stereocenters. The largest absolute Gasteiger partial charge is 0.320 e. The van der Waals surface area contributed by atoms with E-state index in [4.69, 9.17) is 5.73 Å². The third-order valence-electron chi connectivity index (χ3n) is 3.17. The summed E-state index contributed by atoms with van der Waals surface area (Å²) in [6.45, 7) is 3.92. The van der Waals surface area contributed by atoms with E-state index in [9.17, 15) is 8.78 Å². The fourth-order valence-electron chi connectivity index (χ4n) is 2.04. The summed E-state index contributed by atoms with van der Waals surface area (Å²) in [6.07, 6.45) is 0. The second-order valence-corrected chi connectivity index (χ2v) is 5.40. The van der Waals surface area contributed by atoms with Crippen molar-refractivity contribution in [3.63, 3.8) is 0 Å². The van der Waals surface area contributed by atoms with Crippen molar-refractivity contribution in [2.24, 2.45) is 5.73 Å². The molecule has 1 nitrogen and oxygen atoms in total. The Hall–Kier alpha value is -1.26. The second-order valence-electron chi connectivity index (χ2n) is 4.60. The number of benzene rings is 2. The van der Waals surface area contributed by atoms with Crippen molar-refractivity contribution < 1.29 is 8.78 Å². The lowest BCUT2D eigenvalue weighted by Gasteiger charge is -2.18. The van der Waals surface area contributed by atoms with Gasteiger partial charge in [0.05, 0.1) is 10.5 Å². The topological polar surface area (TPSA) is 26.0 Å². The van der Waals surface area contributed by atoms with Gasteiger partial charge in [0.15, 0.2) is 11.6 Å². The summed E-state index contributed by atoms with van der Waals surface area (Å²) in [5.74, 6) is -1.79. The van der Waals surface area contributed by atoms with Crippen LogP contribution in [0.25, 0.3) is 0 Å². The SMILES string of the molecule is Cc1ccc(C)c(C(N)c2ccc(F)c(F)c2Br)c1. The summed E-state index contributed by atoms with van der Waals surface area (Å²) in [5, 5.41) is 0. The molecule has 0 saturated carbocycles. The smallest absolute Gasteiger partial charge is 0.173 e. The summed E-state index contributed by atoms with van der Waals surface area (Å²) < 4.78 is 26.8. The highest BCUT2D eigenvalue weighted by molar-refractivity contribution is 9.10. The first-order valence-corrected chi connectivity index (χ1v) is 6.67. The molecule has 2 rings (SSSR count). The maximum atomic E-state index is 13.6. The van der Waals surface area contributed by atoms with E-state index in [-0.39, 0.29) is 4.47 Å². The predicted molar refractivity (Wildman–Crippen MR) is 76.0 cm³/mol. The molecule has 0 spiro atoms. The molecule has 0 radical (unpaired) electrons. The standard InChI is InChI=1S/C15H14BrF2N/c1-8-3-4-9(2)11(7-8)15(19)10-5-6-12(17)14(18)13(10)16/h3-7,15H,19H2,1-2H3. The molecule has 100 valence electrons. The Balaban J connectivity index is 2.53. The molecule has 0 bridgehead atoms. The van der Waals surface area contributed by atoms with Crippen LogP contribution >= 0.6 is 15.9 Å². The van der Waals surface area contributed by atoms with Crippen LogP contribution in [0.2, 0.25) is 0 Å². The van der Waals surface area contributed by atoms with Crippen LogP contribution in [-0.2, 0) is 0 Å². The molecule has 0 aliphatic rings. The molecule has 0 fully saturated rings. The lowest BCUT2D eigenvalue weighted by atomic mass is 9.94. The minimum atomic E-state index is -0.904. The first-order chi connectivity index (χ1) is 8.91. The number of hydrogen-bond donors (Lipinski definition) is 1. The van der Waals surface area contributed by atoms with Gasteiger partial charge in [-0.2, -0.15) is 0 Å². The van der Waals surface area contributed by atoms with Gasteiger partial charge in [-0.15, -0.1) is 0 Å². The molecule has 1 unspecified atom stereocenters. The highest BCUT2D eigenvalue weighted by atomic mass is 79.9. The molecular weight excluding hydrogens is 312 g/mol. The van der Waals surface area contributed by atoms with Crippen LogP contribution < -0.4 is 5.73 Å². The van der Waals surface area contributed by atoms with E-state index in [0.717, 1.165) is 22.8 Å². The molecule has 0 aliphatic carbocycles. The van der Waals surface area contributed by atoms with Crippen molar-refractivity contribution in [2.45, 2.75) is 19.9 Å². The van der Waals surface area contributed by atoms with Crippen molar-refractivity contribution in [1.29, 1.82) is 0 Å². The van der Waals surface area contributed by atoms with Crippen LogP contribution in [0.5, 0.6) is 0 Å². The third-order valence-corrected chi connectivity index (χ3v) is 3.98. The molecule has 4 heteroatoms. The van der Waals surface area contributed by atoms with E-state index in [0.29, 0.717) is 5.56 Å². The van der Waals surface area contributed by atoms with Gasteiger partial charge in [-0.3, -0.25) is 0 Å². The van der Waals surface area contributed by atoms with Gasteiger partial charge < -0.3 is 5.73 Å². The van der Waals surface area contributed by atoms with Gasteiger partial charge in [-0.1, -0.05) is 29.8 Å². The van der Waals surface area contributed by atoms with Gasteiger partial charge in [-0.05, 0) is 52.5 Å². The Morgan fingerprint density at radius 3 is 2.42 bits per heavy atom. The molecule has 0 aliphatic heterocycles. The Labute approximate surface area is 119 Å². The first-order valence-electron chi connectivity index (χ1n) is 5.88. The van der Waals surface area contributed by atoms with Crippen molar-refractivity contribution in [3.05, 3.63) is 68.7 Å². The quantitative estimate of drug-likeness (QED) is 0.814. The van der Waals surface area contributed by atoms with Crippen molar-refractivity contribution >= 4 is 15.9 Å². The van der Waals surface area contributed by atoms with Gasteiger partial charge in [0.2, 0.25) is 0 Å². The fraction of sp³-hybridized carbons (Fsp3) is 0.200. The lowest BCUT2D eigenvalue weighted by Crippen LogP contribution is -2.15. The molecule has 0 heterocycles. The monoisotopic (exact) mass is 325 g/mol. The number of rotatable bonds is 2. The fourth-order valence-corrected chi connectivity index (χ4v) is 2.61. The maximum Gasteiger partial charge on any atom is 0.173 e. The van der Waals surface area contributed by atoms with Gasteiger partial charge in [-0.25, -0.2) is 8.78 Å². The van der Waals surface area contributed by atoms with Crippen LogP contribution in [0.1, 0.15) is 28.3 Å². The predicted octanol–water partition coefficient (Wildman–Crippen LogP) is 4.39. The first kappa shape index (κ1) is 14.2. The maximum absolute atomic E-state index is 13.6. The van der Waals surface area contributed by atoms with E-state index >= 15 is 0 Å². The second kappa shape index (κ2) is 5.39. The minimum absolute atomic E-state index is 0.0842. The normalized spacial score (nSPS) is 12.5. The van der Waals surface area contributed by atoms with Crippen LogP contribution in [0, 0.1) is 25.5 Å². The highest BCUT2D eigenvalue weighted by Gasteiger charge is 2.18. The zero-order chi connectivity index (χ0) is 14.2. The van der Waals surface area contributed by atoms with Gasteiger partial charge in [0.1, 0.15) is 0 Å². The van der Waals surface area contributed by atoms with E-state index in [1.807, 2.05) is 32.0 Å². The van der Waals surface area contributed by atoms with Crippen molar-refractivity contribution in [1.82, 2.24) is 0 Å². The molecule has 2 N–H and O–H groups in total. The van der Waals surface area contributed by atoms with Gasteiger partial charge in [0.25, 0.3) is 0 Å². The zero-order valence-electron chi connectivity index (χ0n) is 10.7. The summed E-state index contributed by atoms with van der Waals surface area (Å²) in [4.78, 5) is 0. The average molecular weight is 326 g/mol. The summed E-state index contributed by atoms with van der Waals surface area (Å²) in [6, 6.07) is 8.04. The van der Waals surface area contributed by atoms with Crippen LogP contribution in [0.3, 0.4) is 0 Å². The van der Waals surface area contributed by atoms with E-state index in [1.54, 1.807) is 0 Å². The summed E-state index contributed by atoms with van der Waals surface area (Å²) in [5.41, 5.74) is 9.73. The van der Waals surface area contributed by atoms with Crippen LogP contribution in [0.15, 0.2) is 34.8 Å². The summed E-state index contributed by atoms with van der Waals surface area (Å²) >= 11 is 3.08. The Bertz CT molecular complexity index is 626. The Morgan fingerprint density at radius 1 is 1.05 bits per heavy atom. The number of halogens is 3. The lowest BCUT2D eigenvalue weighted by molar-refractivity contribution is 0.501. The average Bonchev–Trinajstić information content (AvgIpc) is 2.38. The third kappa shape index (κ3) is 2.69. The van der Waals surface area contributed by atoms with Crippen molar-refractivity contribution in [3.8, 4) is 0 Å². The molecule has 2 aromatic rings. The number of hydrogen-bond acceptors (Lipinski definition) is 1. The van der Waals surface area contributed by atoms with Crippen LogP contribution in [0.4, 0.5) is 8.78 Å². The van der Waals surface area contributed by atoms with E-state index in [1.165, 1.54) is 6.07 Å². The molecular formula is C15H14BrF2N. The van der Waals surface area contributed by atoms with E-state index < -0.39 is 17.7 Å². The molecule has 19 heavy (non-hydrogen) atoms. The molecule has 0 amide bonds. The Morgan fingerprint density at radius 2 is 1.74 bits per heavy atom. The minimum Gasteiger partial charge on any atom is -0.320 e. The van der Waals surface area contributed by atoms with Crippen molar-refractivity contribution in [2.75, 3.05) is 0 Å². The summed E-state index contributed by atoms with van der Waals surface area (Å²) in [7, 11) is 0. The van der Waals surface area contributed by atoms with Gasteiger partial charge >= 0.3 is 0 Å². The Kier molecular flexibility index (Phi) is 4.02. The molecule has 0 saturated heterocycles. The molecule has 0 aromatic heterocycles. The molecule has 2 aromatic carbocycles. The zero-order valence-corrected chi connectivity index (χ0v) is 12.3. The highest BCUT2D eigenvalue weighted by Crippen LogP contribution is 2.31. The van der Waals surface area contributed by atoms with Crippen LogP contribution in [-0.4, -0.2) is 0 Å². The van der Waals surface area contributed by atoms with Gasteiger partial charge in [0, 0.05) is 0 Å².